The number of ether oxygens (including phenoxy) is 1. The third kappa shape index (κ3) is 3.21. The maximum absolute atomic E-state index is 10.4. The summed E-state index contributed by atoms with van der Waals surface area (Å²) in [6, 6.07) is 1.72. The Hall–Kier alpha value is -2.86. The number of aromatic hydroxyl groups is 1. The number of hydrogen-bond donors (Lipinski definition) is 1. The van der Waals surface area contributed by atoms with Crippen molar-refractivity contribution in [3.63, 3.8) is 0 Å². The van der Waals surface area contributed by atoms with Crippen LogP contribution in [0.25, 0.3) is 0 Å². The number of nitrogens with zero attached hydrogens (tertiary/aromatic N) is 4. The zero-order chi connectivity index (χ0) is 18.3. The van der Waals surface area contributed by atoms with E-state index in [0.717, 1.165) is 6.04 Å². The van der Waals surface area contributed by atoms with Crippen molar-refractivity contribution in [2.75, 3.05) is 13.1 Å². The van der Waals surface area contributed by atoms with Crippen LogP contribution in [0, 0.1) is 30.3 Å². The van der Waals surface area contributed by atoms with Crippen molar-refractivity contribution in [2.24, 2.45) is 0 Å². The van der Waals surface area contributed by atoms with Gasteiger partial charge in [0, 0.05) is 12.6 Å². The van der Waals surface area contributed by atoms with Crippen molar-refractivity contribution in [3.8, 4) is 5.75 Å². The molecule has 0 spiro atoms. The van der Waals surface area contributed by atoms with Crippen LogP contribution in [0.4, 0.5) is 17.1 Å². The normalized spacial score (nSPS) is 26.2. The number of benzene rings is 1. The Morgan fingerprint density at radius 3 is 2.16 bits per heavy atom. The van der Waals surface area contributed by atoms with E-state index >= 15 is 0 Å². The van der Waals surface area contributed by atoms with Crippen molar-refractivity contribution >= 4 is 17.1 Å². The SMILES string of the molecule is C1CC2C3OC3CN2C1.O=[N+]([O-])c1cc([N+](=O)[O-])c(O)c([N+](=O)[O-])c1. The molecule has 1 N–H and O–H groups in total. The maximum Gasteiger partial charge on any atom is 0.324 e. The summed E-state index contributed by atoms with van der Waals surface area (Å²) in [6.45, 7) is 2.57. The zero-order valence-electron chi connectivity index (χ0n) is 12.8. The van der Waals surface area contributed by atoms with Crippen LogP contribution in [-0.2, 0) is 4.74 Å². The summed E-state index contributed by atoms with van der Waals surface area (Å²) in [5, 5.41) is 40.2. The second-order valence-electron chi connectivity index (χ2n) is 5.95. The fourth-order valence-electron chi connectivity index (χ4n) is 3.30. The Kier molecular flexibility index (Phi) is 4.22. The van der Waals surface area contributed by atoms with Crippen LogP contribution in [0.1, 0.15) is 12.8 Å². The predicted molar refractivity (Wildman–Crippen MR) is 81.3 cm³/mol. The third-order valence-corrected chi connectivity index (χ3v) is 4.49. The largest absolute Gasteiger partial charge is 0.497 e. The first kappa shape index (κ1) is 17.0. The van der Waals surface area contributed by atoms with Crippen molar-refractivity contribution in [2.45, 2.75) is 31.1 Å². The molecule has 0 amide bonds. The molecule has 12 nitrogen and oxygen atoms in total. The molecule has 4 rings (SSSR count). The van der Waals surface area contributed by atoms with Gasteiger partial charge in [-0.1, -0.05) is 0 Å². The van der Waals surface area contributed by atoms with Gasteiger partial charge in [-0.05, 0) is 19.4 Å². The Bertz CT molecular complexity index is 719. The number of morpholine rings is 1. The molecular weight excluding hydrogens is 340 g/mol. The van der Waals surface area contributed by atoms with E-state index in [1.165, 1.54) is 25.9 Å². The molecule has 12 heteroatoms. The Morgan fingerprint density at radius 1 is 1.08 bits per heavy atom. The van der Waals surface area contributed by atoms with Gasteiger partial charge in [0.05, 0.1) is 33.0 Å². The quantitative estimate of drug-likeness (QED) is 0.478. The number of phenolic OH excluding ortho intramolecular Hbond substituents is 1. The number of rotatable bonds is 3. The molecule has 134 valence electrons. The summed E-state index contributed by atoms with van der Waals surface area (Å²) in [7, 11) is 0. The minimum atomic E-state index is -1.21. The van der Waals surface area contributed by atoms with Crippen LogP contribution >= 0.6 is 0 Å². The molecule has 25 heavy (non-hydrogen) atoms. The summed E-state index contributed by atoms with van der Waals surface area (Å²) in [4.78, 5) is 30.4. The highest BCUT2D eigenvalue weighted by atomic mass is 16.6. The molecular formula is C13H14N4O8. The van der Waals surface area contributed by atoms with Crippen LogP contribution in [-0.4, -0.2) is 56.1 Å². The van der Waals surface area contributed by atoms with Crippen molar-refractivity contribution < 1.29 is 24.6 Å². The molecule has 0 bridgehead atoms. The van der Waals surface area contributed by atoms with Gasteiger partial charge in [0.1, 0.15) is 6.10 Å². The fraction of sp³-hybridized carbons (Fsp3) is 0.538. The lowest BCUT2D eigenvalue weighted by Gasteiger charge is -2.15. The Balaban J connectivity index is 0.000000166. The first-order valence-corrected chi connectivity index (χ1v) is 7.49. The lowest BCUT2D eigenvalue weighted by molar-refractivity contribution is -0.404. The standard InChI is InChI=1S/C7H11NO.C6H3N3O7/c1-2-5-7-6(9-7)4-8(5)3-1;10-6-4(8(13)14)1-3(7(11)12)2-5(6)9(15)16/h5-7H,1-4H2;1-2,10H. The van der Waals surface area contributed by atoms with Gasteiger partial charge in [-0.25, -0.2) is 0 Å². The first-order valence-electron chi connectivity index (χ1n) is 7.49. The van der Waals surface area contributed by atoms with Gasteiger partial charge >= 0.3 is 11.4 Å². The summed E-state index contributed by atoms with van der Waals surface area (Å²) >= 11 is 0. The number of epoxide rings is 1. The van der Waals surface area contributed by atoms with Crippen LogP contribution in [0.2, 0.25) is 0 Å². The number of nitro groups is 3. The third-order valence-electron chi connectivity index (χ3n) is 4.49. The van der Waals surface area contributed by atoms with Crippen molar-refractivity contribution in [1.29, 1.82) is 0 Å². The molecule has 3 aliphatic rings. The molecule has 3 aliphatic heterocycles. The van der Waals surface area contributed by atoms with Gasteiger partial charge < -0.3 is 9.84 Å². The highest BCUT2D eigenvalue weighted by molar-refractivity contribution is 5.64. The maximum atomic E-state index is 10.4. The molecule has 1 aromatic rings. The minimum Gasteiger partial charge on any atom is -0.497 e. The lowest BCUT2D eigenvalue weighted by Crippen LogP contribution is -2.28. The van der Waals surface area contributed by atoms with Gasteiger partial charge in [-0.2, -0.15) is 0 Å². The second-order valence-corrected chi connectivity index (χ2v) is 5.95. The highest BCUT2D eigenvalue weighted by Crippen LogP contribution is 2.41. The van der Waals surface area contributed by atoms with Gasteiger partial charge in [-0.15, -0.1) is 0 Å². The van der Waals surface area contributed by atoms with Crippen molar-refractivity contribution in [1.82, 2.24) is 4.90 Å². The summed E-state index contributed by atoms with van der Waals surface area (Å²) in [6.07, 6.45) is 4.10. The molecule has 3 atom stereocenters. The lowest BCUT2D eigenvalue weighted by atomic mass is 10.2. The summed E-state index contributed by atoms with van der Waals surface area (Å²) in [5.74, 6) is -1.21. The number of nitro benzene ring substituents is 3. The Morgan fingerprint density at radius 2 is 1.68 bits per heavy atom. The average Bonchev–Trinajstić information content (AvgIpc) is 2.99. The van der Waals surface area contributed by atoms with E-state index in [2.05, 4.69) is 4.90 Å². The molecule has 3 unspecified atom stereocenters. The molecule has 0 radical (unpaired) electrons. The zero-order valence-corrected chi connectivity index (χ0v) is 12.8. The van der Waals surface area contributed by atoms with E-state index in [9.17, 15) is 30.3 Å². The molecule has 1 aromatic carbocycles. The van der Waals surface area contributed by atoms with Gasteiger partial charge in [0.2, 0.25) is 0 Å². The number of non-ortho nitro benzene ring substituents is 1. The van der Waals surface area contributed by atoms with Gasteiger partial charge in [-0.3, -0.25) is 35.2 Å². The predicted octanol–water partition coefficient (Wildman–Crippen LogP) is 1.35. The van der Waals surface area contributed by atoms with Crippen LogP contribution in [0.5, 0.6) is 5.75 Å². The molecule has 0 saturated carbocycles. The number of fused-ring (bicyclic) bond motifs is 3. The van der Waals surface area contributed by atoms with E-state index in [1.807, 2.05) is 0 Å². The highest BCUT2D eigenvalue weighted by Gasteiger charge is 2.55. The van der Waals surface area contributed by atoms with E-state index in [0.29, 0.717) is 24.3 Å². The van der Waals surface area contributed by atoms with E-state index < -0.39 is 37.6 Å². The van der Waals surface area contributed by atoms with Gasteiger partial charge in [0.25, 0.3) is 11.4 Å². The van der Waals surface area contributed by atoms with E-state index in [1.54, 1.807) is 0 Å². The second kappa shape index (κ2) is 6.22. The average molecular weight is 354 g/mol. The fourth-order valence-corrected chi connectivity index (χ4v) is 3.30. The van der Waals surface area contributed by atoms with E-state index in [-0.39, 0.29) is 0 Å². The summed E-state index contributed by atoms with van der Waals surface area (Å²) < 4.78 is 5.43. The van der Waals surface area contributed by atoms with Gasteiger partial charge in [0.15, 0.2) is 0 Å². The smallest absolute Gasteiger partial charge is 0.324 e. The summed E-state index contributed by atoms with van der Waals surface area (Å²) in [5.41, 5.74) is -3.00. The molecule has 0 aromatic heterocycles. The minimum absolute atomic E-state index is 0.447. The molecule has 3 heterocycles. The first-order chi connectivity index (χ1) is 11.8. The van der Waals surface area contributed by atoms with E-state index in [4.69, 9.17) is 9.84 Å². The van der Waals surface area contributed by atoms with Crippen molar-refractivity contribution in [3.05, 3.63) is 42.5 Å². The van der Waals surface area contributed by atoms with Crippen LogP contribution in [0.3, 0.4) is 0 Å². The number of phenols is 1. The molecule has 3 fully saturated rings. The topological polar surface area (TPSA) is 165 Å². The van der Waals surface area contributed by atoms with Crippen LogP contribution < -0.4 is 0 Å². The molecule has 3 saturated heterocycles. The monoisotopic (exact) mass is 354 g/mol. The van der Waals surface area contributed by atoms with Crippen LogP contribution in [0.15, 0.2) is 12.1 Å². The number of hydrogen-bond acceptors (Lipinski definition) is 9. The Labute approximate surface area is 140 Å². The molecule has 0 aliphatic carbocycles.